The first-order valence-electron chi connectivity index (χ1n) is 10.1. The third-order valence-corrected chi connectivity index (χ3v) is 6.90. The molecule has 0 atom stereocenters. The summed E-state index contributed by atoms with van der Waals surface area (Å²) in [6.45, 7) is 4.40. The minimum absolute atomic E-state index is 0.0115. The second-order valence-electron chi connectivity index (χ2n) is 6.90. The highest BCUT2D eigenvalue weighted by Gasteiger charge is 2.24. The Hall–Kier alpha value is -3.64. The number of aromatic nitrogens is 2. The van der Waals surface area contributed by atoms with Crippen molar-refractivity contribution in [2.24, 2.45) is 0 Å². The fourth-order valence-corrected chi connectivity index (χ4v) is 4.58. The average Bonchev–Trinajstić information content (AvgIpc) is 2.79. The number of anilines is 3. The Kier molecular flexibility index (Phi) is 7.51. The molecule has 2 aromatic carbocycles. The lowest BCUT2D eigenvalue weighted by molar-refractivity contribution is -0.383. The number of nitrogens with one attached hydrogen (secondary N) is 2. The minimum Gasteiger partial charge on any atom is -0.360 e. The lowest BCUT2D eigenvalue weighted by Crippen LogP contribution is -2.30. The molecule has 3 aromatic rings. The van der Waals surface area contributed by atoms with Gasteiger partial charge in [0.2, 0.25) is 21.7 Å². The first-order valence-corrected chi connectivity index (χ1v) is 11.5. The first kappa shape index (κ1) is 24.0. The van der Waals surface area contributed by atoms with Crippen LogP contribution < -0.4 is 10.6 Å². The Labute approximate surface area is 190 Å². The predicted molar refractivity (Wildman–Crippen MR) is 122 cm³/mol. The molecule has 12 heteroatoms. The van der Waals surface area contributed by atoms with Crippen LogP contribution in [0.4, 0.5) is 27.4 Å². The summed E-state index contributed by atoms with van der Waals surface area (Å²) in [7, 11) is -3.62. The smallest absolute Gasteiger partial charge is 0.353 e. The van der Waals surface area contributed by atoms with Gasteiger partial charge in [-0.3, -0.25) is 10.1 Å². The van der Waals surface area contributed by atoms with Crippen molar-refractivity contribution in [2.75, 3.05) is 23.7 Å². The first-order chi connectivity index (χ1) is 15.8. The highest BCUT2D eigenvalue weighted by atomic mass is 32.2. The molecule has 2 N–H and O–H groups in total. The van der Waals surface area contributed by atoms with E-state index in [0.29, 0.717) is 24.3 Å². The van der Waals surface area contributed by atoms with Crippen LogP contribution in [0.5, 0.6) is 0 Å². The largest absolute Gasteiger partial charge is 0.360 e. The van der Waals surface area contributed by atoms with Crippen LogP contribution in [0.25, 0.3) is 0 Å². The van der Waals surface area contributed by atoms with Crippen LogP contribution in [0, 0.1) is 15.9 Å². The van der Waals surface area contributed by atoms with Gasteiger partial charge in [-0.05, 0) is 42.0 Å². The minimum atomic E-state index is -3.62. The van der Waals surface area contributed by atoms with Gasteiger partial charge < -0.3 is 10.6 Å². The number of rotatable bonds is 10. The van der Waals surface area contributed by atoms with Crippen molar-refractivity contribution in [1.82, 2.24) is 14.3 Å². The van der Waals surface area contributed by atoms with Crippen molar-refractivity contribution in [3.63, 3.8) is 0 Å². The van der Waals surface area contributed by atoms with E-state index < -0.39 is 14.9 Å². The number of benzene rings is 2. The highest BCUT2D eigenvalue weighted by Crippen LogP contribution is 2.31. The molecule has 0 fully saturated rings. The van der Waals surface area contributed by atoms with E-state index in [2.05, 4.69) is 20.6 Å². The second kappa shape index (κ2) is 10.3. The quantitative estimate of drug-likeness (QED) is 0.334. The summed E-state index contributed by atoms with van der Waals surface area (Å²) in [5.74, 6) is -0.451. The molecular weight excluding hydrogens is 451 g/mol. The van der Waals surface area contributed by atoms with E-state index in [4.69, 9.17) is 0 Å². The number of hydrogen-bond acceptors (Lipinski definition) is 8. The number of halogens is 1. The number of nitro groups is 1. The van der Waals surface area contributed by atoms with Gasteiger partial charge in [-0.2, -0.15) is 4.31 Å². The summed E-state index contributed by atoms with van der Waals surface area (Å²) in [5.41, 5.74) is 0.753. The maximum atomic E-state index is 13.1. The fraction of sp³-hybridized carbons (Fsp3) is 0.238. The molecule has 0 bridgehead atoms. The summed E-state index contributed by atoms with van der Waals surface area (Å²) in [4.78, 5) is 19.2. The average molecular weight is 475 g/mol. The zero-order valence-corrected chi connectivity index (χ0v) is 18.8. The van der Waals surface area contributed by atoms with Gasteiger partial charge in [0.1, 0.15) is 12.1 Å². The molecule has 0 radical (unpaired) electrons. The van der Waals surface area contributed by atoms with E-state index in [0.717, 1.165) is 0 Å². The molecule has 33 heavy (non-hydrogen) atoms. The molecule has 0 saturated heterocycles. The van der Waals surface area contributed by atoms with Crippen molar-refractivity contribution in [3.8, 4) is 0 Å². The summed E-state index contributed by atoms with van der Waals surface area (Å²) in [6, 6.07) is 11.6. The van der Waals surface area contributed by atoms with E-state index in [1.54, 1.807) is 26.0 Å². The Balaban J connectivity index is 1.82. The fourth-order valence-electron chi connectivity index (χ4n) is 3.12. The van der Waals surface area contributed by atoms with Gasteiger partial charge in [-0.1, -0.05) is 26.0 Å². The molecule has 0 amide bonds. The van der Waals surface area contributed by atoms with Crippen LogP contribution in [0.15, 0.2) is 59.8 Å². The lowest BCUT2D eigenvalue weighted by Gasteiger charge is -2.18. The van der Waals surface area contributed by atoms with Gasteiger partial charge in [0.05, 0.1) is 9.82 Å². The van der Waals surface area contributed by atoms with Crippen LogP contribution in [-0.4, -0.2) is 40.7 Å². The van der Waals surface area contributed by atoms with Crippen molar-refractivity contribution in [1.29, 1.82) is 0 Å². The van der Waals surface area contributed by atoms with E-state index in [-0.39, 0.29) is 34.6 Å². The zero-order chi connectivity index (χ0) is 24.0. The number of nitrogens with zero attached hydrogens (tertiary/aromatic N) is 4. The van der Waals surface area contributed by atoms with Crippen molar-refractivity contribution >= 4 is 33.0 Å². The molecule has 0 aliphatic carbocycles. The SMILES string of the molecule is CCN(CC)S(=O)(=O)c1ccc(Nc2ncnc(NCc3ccc(F)cc3)c2[N+](=O)[O-])cc1. The van der Waals surface area contributed by atoms with Crippen molar-refractivity contribution in [2.45, 2.75) is 25.3 Å². The van der Waals surface area contributed by atoms with Gasteiger partial charge >= 0.3 is 5.69 Å². The molecule has 0 aliphatic heterocycles. The van der Waals surface area contributed by atoms with Gasteiger partial charge in [0, 0.05) is 25.3 Å². The third-order valence-electron chi connectivity index (χ3n) is 4.84. The van der Waals surface area contributed by atoms with Crippen molar-refractivity contribution < 1.29 is 17.7 Å². The maximum absolute atomic E-state index is 13.1. The summed E-state index contributed by atoms with van der Waals surface area (Å²) in [5, 5.41) is 17.4. The van der Waals surface area contributed by atoms with E-state index in [9.17, 15) is 22.9 Å². The van der Waals surface area contributed by atoms with Gasteiger partial charge in [-0.15, -0.1) is 0 Å². The molecule has 10 nitrogen and oxygen atoms in total. The summed E-state index contributed by atoms with van der Waals surface area (Å²) in [6.07, 6.45) is 1.17. The van der Waals surface area contributed by atoms with Crippen molar-refractivity contribution in [3.05, 3.63) is 76.4 Å². The Morgan fingerprint density at radius 3 is 2.18 bits per heavy atom. The standard InChI is InChI=1S/C21H23FN6O4S/c1-3-27(4-2)33(31,32)18-11-9-17(10-12-18)26-21-19(28(29)30)20(24-14-25-21)23-13-15-5-7-16(22)8-6-15/h5-12,14H,3-4,13H2,1-2H3,(H2,23,24,25,26). The van der Waals surface area contributed by atoms with Crippen LogP contribution in [0.2, 0.25) is 0 Å². The van der Waals surface area contributed by atoms with E-state index in [1.165, 1.54) is 47.0 Å². The number of hydrogen-bond donors (Lipinski definition) is 2. The van der Waals surface area contributed by atoms with Gasteiger partial charge in [0.15, 0.2) is 0 Å². The second-order valence-corrected chi connectivity index (χ2v) is 8.83. The van der Waals surface area contributed by atoms with Gasteiger partial charge in [0.25, 0.3) is 0 Å². The Morgan fingerprint density at radius 1 is 1.00 bits per heavy atom. The Morgan fingerprint density at radius 2 is 1.61 bits per heavy atom. The van der Waals surface area contributed by atoms with Gasteiger partial charge in [-0.25, -0.2) is 22.8 Å². The normalized spacial score (nSPS) is 11.4. The molecule has 0 unspecified atom stereocenters. The lowest BCUT2D eigenvalue weighted by atomic mass is 10.2. The summed E-state index contributed by atoms with van der Waals surface area (Å²) < 4.78 is 39.7. The molecule has 0 aliphatic rings. The molecule has 3 rings (SSSR count). The summed E-state index contributed by atoms with van der Waals surface area (Å²) >= 11 is 0. The zero-order valence-electron chi connectivity index (χ0n) is 18.0. The molecule has 0 spiro atoms. The monoisotopic (exact) mass is 474 g/mol. The van der Waals surface area contributed by atoms with Crippen LogP contribution in [-0.2, 0) is 16.6 Å². The topological polar surface area (TPSA) is 130 Å². The van der Waals surface area contributed by atoms with E-state index in [1.807, 2.05) is 0 Å². The van der Waals surface area contributed by atoms with E-state index >= 15 is 0 Å². The number of sulfonamides is 1. The molecule has 1 aromatic heterocycles. The predicted octanol–water partition coefficient (Wildman–Crippen LogP) is 3.91. The third kappa shape index (κ3) is 5.59. The van der Waals surface area contributed by atoms with Crippen LogP contribution in [0.3, 0.4) is 0 Å². The molecular formula is C21H23FN6O4S. The Bertz CT molecular complexity index is 1220. The van der Waals surface area contributed by atoms with Crippen LogP contribution >= 0.6 is 0 Å². The molecule has 1 heterocycles. The molecule has 174 valence electrons. The maximum Gasteiger partial charge on any atom is 0.353 e. The molecule has 0 saturated carbocycles. The van der Waals surface area contributed by atoms with Crippen LogP contribution in [0.1, 0.15) is 19.4 Å². The highest BCUT2D eigenvalue weighted by molar-refractivity contribution is 7.89.